The molecule has 1 aliphatic carbocycles. The van der Waals surface area contributed by atoms with Crippen LogP contribution in [0.25, 0.3) is 0 Å². The summed E-state index contributed by atoms with van der Waals surface area (Å²) in [4.78, 5) is 14.9. The molecule has 0 unspecified atom stereocenters. The molecule has 1 heterocycles. The first-order chi connectivity index (χ1) is 7.70. The van der Waals surface area contributed by atoms with Crippen LogP contribution in [0, 0.1) is 0 Å². The quantitative estimate of drug-likeness (QED) is 0.636. The number of amides is 2. The van der Waals surface area contributed by atoms with Gasteiger partial charge in [0.1, 0.15) is 0 Å². The highest BCUT2D eigenvalue weighted by molar-refractivity contribution is 8.14. The Balaban J connectivity index is 1.75. The van der Waals surface area contributed by atoms with E-state index in [4.69, 9.17) is 5.73 Å². The van der Waals surface area contributed by atoms with Crippen molar-refractivity contribution in [3.63, 3.8) is 0 Å². The van der Waals surface area contributed by atoms with Crippen LogP contribution in [0.1, 0.15) is 25.7 Å². The molecular formula is C10H18N4OS. The van der Waals surface area contributed by atoms with Crippen molar-refractivity contribution >= 4 is 23.0 Å². The minimum atomic E-state index is -0.487. The molecule has 0 aromatic rings. The fraction of sp³-hybridized carbons (Fsp3) is 0.800. The van der Waals surface area contributed by atoms with E-state index in [2.05, 4.69) is 15.6 Å². The molecule has 0 bridgehead atoms. The van der Waals surface area contributed by atoms with Gasteiger partial charge in [-0.2, -0.15) is 0 Å². The molecule has 2 fully saturated rings. The Labute approximate surface area is 99.6 Å². The maximum atomic E-state index is 10.4. The molecule has 1 saturated heterocycles. The Bertz CT molecular complexity index is 299. The van der Waals surface area contributed by atoms with Crippen LogP contribution in [0.15, 0.2) is 4.99 Å². The Morgan fingerprint density at radius 2 is 2.31 bits per heavy atom. The molecule has 0 atom stereocenters. The van der Waals surface area contributed by atoms with Gasteiger partial charge < -0.3 is 16.4 Å². The van der Waals surface area contributed by atoms with Crippen molar-refractivity contribution < 1.29 is 4.79 Å². The van der Waals surface area contributed by atoms with Gasteiger partial charge in [-0.05, 0) is 12.8 Å². The fourth-order valence-corrected chi connectivity index (χ4v) is 3.49. The summed E-state index contributed by atoms with van der Waals surface area (Å²) in [6.07, 6.45) is 5.17. The molecule has 2 rings (SSSR count). The largest absolute Gasteiger partial charge is 0.359 e. The Kier molecular flexibility index (Phi) is 3.58. The number of hydrogen-bond acceptors (Lipinski definition) is 3. The van der Waals surface area contributed by atoms with Crippen LogP contribution in [-0.4, -0.2) is 35.6 Å². The van der Waals surface area contributed by atoms with Crippen molar-refractivity contribution in [2.75, 3.05) is 18.8 Å². The zero-order valence-corrected chi connectivity index (χ0v) is 10.1. The second kappa shape index (κ2) is 4.95. The van der Waals surface area contributed by atoms with Gasteiger partial charge in [-0.1, -0.05) is 24.6 Å². The minimum absolute atomic E-state index is 0.320. The number of hydrogen-bond donors (Lipinski definition) is 3. The van der Waals surface area contributed by atoms with E-state index >= 15 is 0 Å². The predicted octanol–water partition coefficient (Wildman–Crippen LogP) is 0.660. The van der Waals surface area contributed by atoms with Gasteiger partial charge in [-0.3, -0.25) is 4.99 Å². The molecule has 2 amide bonds. The number of carbonyl (C=O) groups is 1. The minimum Gasteiger partial charge on any atom is -0.359 e. The number of amidine groups is 1. The second-order valence-electron chi connectivity index (χ2n) is 4.38. The van der Waals surface area contributed by atoms with Crippen LogP contribution in [-0.2, 0) is 0 Å². The summed E-state index contributed by atoms with van der Waals surface area (Å²) in [6, 6.07) is -0.487. The van der Waals surface area contributed by atoms with Gasteiger partial charge in [0.25, 0.3) is 0 Å². The fourth-order valence-electron chi connectivity index (χ4n) is 2.25. The molecule has 2 aliphatic rings. The van der Waals surface area contributed by atoms with E-state index < -0.39 is 6.03 Å². The average molecular weight is 242 g/mol. The summed E-state index contributed by atoms with van der Waals surface area (Å²) >= 11 is 1.79. The van der Waals surface area contributed by atoms with Crippen LogP contribution in [0.4, 0.5) is 4.79 Å². The highest BCUT2D eigenvalue weighted by Crippen LogP contribution is 2.37. The van der Waals surface area contributed by atoms with Crippen molar-refractivity contribution in [2.24, 2.45) is 10.7 Å². The van der Waals surface area contributed by atoms with Gasteiger partial charge in [0.2, 0.25) is 0 Å². The Morgan fingerprint density at radius 1 is 1.56 bits per heavy atom. The van der Waals surface area contributed by atoms with Crippen molar-refractivity contribution in [3.05, 3.63) is 0 Å². The van der Waals surface area contributed by atoms with E-state index in [-0.39, 0.29) is 0 Å². The van der Waals surface area contributed by atoms with Crippen LogP contribution in [0.5, 0.6) is 0 Å². The van der Waals surface area contributed by atoms with E-state index in [0.29, 0.717) is 18.6 Å². The van der Waals surface area contributed by atoms with E-state index in [0.717, 1.165) is 10.9 Å². The molecule has 0 aromatic carbocycles. The number of aliphatic imine (C=N–C) groups is 1. The van der Waals surface area contributed by atoms with Gasteiger partial charge in [-0.15, -0.1) is 0 Å². The first-order valence-corrected chi connectivity index (χ1v) is 6.68. The number of urea groups is 1. The van der Waals surface area contributed by atoms with Crippen LogP contribution in [0.3, 0.4) is 0 Å². The van der Waals surface area contributed by atoms with Gasteiger partial charge in [-0.25, -0.2) is 4.79 Å². The van der Waals surface area contributed by atoms with E-state index in [1.54, 1.807) is 11.8 Å². The number of nitrogens with two attached hydrogens (primary N) is 1. The summed E-state index contributed by atoms with van der Waals surface area (Å²) in [7, 11) is 0. The van der Waals surface area contributed by atoms with Crippen molar-refractivity contribution in [1.82, 2.24) is 10.6 Å². The van der Waals surface area contributed by atoms with Crippen LogP contribution in [0.2, 0.25) is 0 Å². The lowest BCUT2D eigenvalue weighted by Crippen LogP contribution is -2.40. The number of primary amides is 1. The molecule has 1 spiro atoms. The van der Waals surface area contributed by atoms with Gasteiger partial charge in [0, 0.05) is 17.8 Å². The Hall–Kier alpha value is -0.910. The topological polar surface area (TPSA) is 79.5 Å². The van der Waals surface area contributed by atoms with Crippen LogP contribution < -0.4 is 16.4 Å². The van der Waals surface area contributed by atoms with E-state index in [1.165, 1.54) is 25.7 Å². The van der Waals surface area contributed by atoms with Gasteiger partial charge in [0.05, 0.1) is 6.54 Å². The molecule has 6 heteroatoms. The molecule has 1 saturated carbocycles. The normalized spacial score (nSPS) is 24.9. The number of carbonyl (C=O) groups excluding carboxylic acids is 1. The number of nitrogens with one attached hydrogen (secondary N) is 2. The monoisotopic (exact) mass is 242 g/mol. The van der Waals surface area contributed by atoms with E-state index in [1.807, 2.05) is 0 Å². The zero-order chi connectivity index (χ0) is 11.4. The third-order valence-electron chi connectivity index (χ3n) is 3.08. The summed E-state index contributed by atoms with van der Waals surface area (Å²) in [5.74, 6) is 1.13. The second-order valence-corrected chi connectivity index (χ2v) is 5.34. The standard InChI is InChI=1S/C10H18N4OS/c11-8(15)12-5-6-13-9-14-10(7-16-9)3-1-2-4-10/h1-7H2,(H,13,14)(H3,11,12,15). The number of thioether (sulfide) groups is 1. The molecule has 0 aromatic heterocycles. The lowest BCUT2D eigenvalue weighted by atomic mass is 10.0. The predicted molar refractivity (Wildman–Crippen MR) is 66.7 cm³/mol. The maximum Gasteiger partial charge on any atom is 0.312 e. The average Bonchev–Trinajstić information content (AvgIpc) is 2.85. The zero-order valence-electron chi connectivity index (χ0n) is 9.29. The lowest BCUT2D eigenvalue weighted by molar-refractivity contribution is 0.249. The molecular weight excluding hydrogens is 224 g/mol. The number of nitrogens with zero attached hydrogens (tertiary/aromatic N) is 1. The smallest absolute Gasteiger partial charge is 0.312 e. The van der Waals surface area contributed by atoms with Gasteiger partial charge in [0.15, 0.2) is 5.17 Å². The summed E-state index contributed by atoms with van der Waals surface area (Å²) in [6.45, 7) is 1.10. The van der Waals surface area contributed by atoms with Crippen molar-refractivity contribution in [2.45, 2.75) is 31.2 Å². The lowest BCUT2D eigenvalue weighted by Gasteiger charge is -2.21. The highest BCUT2D eigenvalue weighted by atomic mass is 32.2. The molecule has 1 aliphatic heterocycles. The molecule has 4 N–H and O–H groups in total. The summed E-state index contributed by atoms with van der Waals surface area (Å²) in [5, 5.41) is 7.07. The third kappa shape index (κ3) is 2.81. The van der Waals surface area contributed by atoms with Crippen LogP contribution >= 0.6 is 11.8 Å². The Morgan fingerprint density at radius 3 is 3.00 bits per heavy atom. The molecule has 90 valence electrons. The van der Waals surface area contributed by atoms with Crippen molar-refractivity contribution in [3.8, 4) is 0 Å². The van der Waals surface area contributed by atoms with E-state index in [9.17, 15) is 4.79 Å². The molecule has 5 nitrogen and oxygen atoms in total. The third-order valence-corrected chi connectivity index (χ3v) is 4.29. The van der Waals surface area contributed by atoms with Gasteiger partial charge >= 0.3 is 6.03 Å². The summed E-state index contributed by atoms with van der Waals surface area (Å²) < 4.78 is 0. The first-order valence-electron chi connectivity index (χ1n) is 5.69. The molecule has 0 radical (unpaired) electrons. The SMILES string of the molecule is NC(=O)NCCN=C1NC2(CCCC2)CS1. The number of rotatable bonds is 3. The summed E-state index contributed by atoms with van der Waals surface area (Å²) in [5.41, 5.74) is 5.28. The molecule has 16 heavy (non-hydrogen) atoms. The first kappa shape index (κ1) is 11.6. The maximum absolute atomic E-state index is 10.4. The van der Waals surface area contributed by atoms with Crippen molar-refractivity contribution in [1.29, 1.82) is 0 Å². The highest BCUT2D eigenvalue weighted by Gasteiger charge is 2.39.